The van der Waals surface area contributed by atoms with Crippen LogP contribution >= 0.6 is 11.3 Å². The molecule has 122 valence electrons. The van der Waals surface area contributed by atoms with E-state index in [1.54, 1.807) is 11.3 Å². The molecule has 1 aromatic carbocycles. The molecule has 1 atom stereocenters. The van der Waals surface area contributed by atoms with Gasteiger partial charge in [-0.25, -0.2) is 0 Å². The van der Waals surface area contributed by atoms with Crippen molar-refractivity contribution in [3.05, 3.63) is 52.2 Å². The highest BCUT2D eigenvalue weighted by Gasteiger charge is 2.24. The summed E-state index contributed by atoms with van der Waals surface area (Å²) < 4.78 is 0. The molecule has 2 heterocycles. The topological polar surface area (TPSA) is 32.3 Å². The fourth-order valence-electron chi connectivity index (χ4n) is 3.05. The zero-order valence-electron chi connectivity index (χ0n) is 13.8. The predicted molar refractivity (Wildman–Crippen MR) is 97.4 cm³/mol. The summed E-state index contributed by atoms with van der Waals surface area (Å²) in [5.74, 6) is 0.713. The number of amides is 1. The third kappa shape index (κ3) is 3.94. The lowest BCUT2D eigenvalue weighted by atomic mass is 10.0. The second-order valence-corrected chi connectivity index (χ2v) is 7.30. The standard InChI is InChI=1S/C19H24N2OS/c1-14(2)15-5-7-17(8-6-15)20-18-4-3-10-21(12-18)19(22)16-9-11-23-13-16/h5-9,11,13-14,18,20H,3-4,10,12H2,1-2H3/t18-/m0/s1. The molecule has 1 N–H and O–H groups in total. The van der Waals surface area contributed by atoms with Crippen molar-refractivity contribution >= 4 is 22.9 Å². The van der Waals surface area contributed by atoms with E-state index in [4.69, 9.17) is 0 Å². The lowest BCUT2D eigenvalue weighted by Gasteiger charge is -2.33. The molecule has 0 saturated carbocycles. The molecule has 0 bridgehead atoms. The van der Waals surface area contributed by atoms with Gasteiger partial charge in [-0.3, -0.25) is 4.79 Å². The molecule has 1 aliphatic heterocycles. The Labute approximate surface area is 142 Å². The molecule has 23 heavy (non-hydrogen) atoms. The van der Waals surface area contributed by atoms with E-state index >= 15 is 0 Å². The normalized spacial score (nSPS) is 18.2. The monoisotopic (exact) mass is 328 g/mol. The van der Waals surface area contributed by atoms with Crippen LogP contribution in [0, 0.1) is 0 Å². The van der Waals surface area contributed by atoms with Gasteiger partial charge < -0.3 is 10.2 Å². The lowest BCUT2D eigenvalue weighted by Crippen LogP contribution is -2.45. The molecule has 1 aromatic heterocycles. The van der Waals surface area contributed by atoms with Crippen LogP contribution in [0.5, 0.6) is 0 Å². The number of carbonyl (C=O) groups is 1. The molecule has 0 unspecified atom stereocenters. The van der Waals surface area contributed by atoms with Crippen molar-refractivity contribution in [2.24, 2.45) is 0 Å². The molecule has 3 rings (SSSR count). The van der Waals surface area contributed by atoms with E-state index in [9.17, 15) is 4.79 Å². The summed E-state index contributed by atoms with van der Waals surface area (Å²) in [7, 11) is 0. The highest BCUT2D eigenvalue weighted by atomic mass is 32.1. The average Bonchev–Trinajstić information content (AvgIpc) is 3.09. The Hall–Kier alpha value is -1.81. The molecule has 4 heteroatoms. The number of nitrogens with zero attached hydrogens (tertiary/aromatic N) is 1. The molecular formula is C19H24N2OS. The number of rotatable bonds is 4. The van der Waals surface area contributed by atoms with Crippen molar-refractivity contribution < 1.29 is 4.79 Å². The lowest BCUT2D eigenvalue weighted by molar-refractivity contribution is 0.0715. The van der Waals surface area contributed by atoms with Crippen LogP contribution in [0.2, 0.25) is 0 Å². The minimum Gasteiger partial charge on any atom is -0.381 e. The summed E-state index contributed by atoms with van der Waals surface area (Å²) in [6, 6.07) is 10.9. The number of likely N-dealkylation sites (tertiary alicyclic amines) is 1. The first-order chi connectivity index (χ1) is 11.1. The zero-order chi connectivity index (χ0) is 16.2. The minimum atomic E-state index is 0.160. The maximum Gasteiger partial charge on any atom is 0.254 e. The van der Waals surface area contributed by atoms with Crippen LogP contribution in [0.3, 0.4) is 0 Å². The van der Waals surface area contributed by atoms with Gasteiger partial charge in [0.25, 0.3) is 5.91 Å². The second kappa shape index (κ2) is 7.18. The molecule has 1 amide bonds. The molecule has 0 spiro atoms. The maximum absolute atomic E-state index is 12.5. The van der Waals surface area contributed by atoms with Crippen LogP contribution in [0.25, 0.3) is 0 Å². The number of thiophene rings is 1. The van der Waals surface area contributed by atoms with E-state index in [2.05, 4.69) is 43.4 Å². The van der Waals surface area contributed by atoms with Gasteiger partial charge in [0, 0.05) is 30.2 Å². The summed E-state index contributed by atoms with van der Waals surface area (Å²) in [6.45, 7) is 6.05. The Morgan fingerprint density at radius 2 is 2.04 bits per heavy atom. The first kappa shape index (κ1) is 16.1. The van der Waals surface area contributed by atoms with Gasteiger partial charge in [-0.2, -0.15) is 11.3 Å². The highest BCUT2D eigenvalue weighted by molar-refractivity contribution is 7.08. The van der Waals surface area contributed by atoms with Crippen LogP contribution in [0.1, 0.15) is 48.5 Å². The first-order valence-corrected chi connectivity index (χ1v) is 9.25. The van der Waals surface area contributed by atoms with Crippen molar-refractivity contribution in [2.45, 2.75) is 38.6 Å². The van der Waals surface area contributed by atoms with Gasteiger partial charge in [0.2, 0.25) is 0 Å². The first-order valence-electron chi connectivity index (χ1n) is 8.31. The molecule has 1 saturated heterocycles. The van der Waals surface area contributed by atoms with E-state index in [1.165, 1.54) is 5.56 Å². The van der Waals surface area contributed by atoms with Crippen molar-refractivity contribution in [1.29, 1.82) is 0 Å². The molecule has 1 fully saturated rings. The largest absolute Gasteiger partial charge is 0.381 e. The van der Waals surface area contributed by atoms with Crippen LogP contribution in [0.4, 0.5) is 5.69 Å². The van der Waals surface area contributed by atoms with E-state index in [0.717, 1.165) is 37.2 Å². The number of benzene rings is 1. The Morgan fingerprint density at radius 3 is 2.70 bits per heavy atom. The fraction of sp³-hybridized carbons (Fsp3) is 0.421. The van der Waals surface area contributed by atoms with Gasteiger partial charge in [-0.15, -0.1) is 0 Å². The summed E-state index contributed by atoms with van der Waals surface area (Å²) >= 11 is 1.58. The third-order valence-corrected chi connectivity index (χ3v) is 5.11. The van der Waals surface area contributed by atoms with Gasteiger partial charge in [0.1, 0.15) is 0 Å². The Bertz CT molecular complexity index is 634. The second-order valence-electron chi connectivity index (χ2n) is 6.52. The van der Waals surface area contributed by atoms with Crippen molar-refractivity contribution in [3.8, 4) is 0 Å². The van der Waals surface area contributed by atoms with Crippen LogP contribution in [-0.2, 0) is 0 Å². The number of hydrogen-bond donors (Lipinski definition) is 1. The molecule has 0 radical (unpaired) electrons. The Kier molecular flexibility index (Phi) is 5.01. The average molecular weight is 328 g/mol. The highest BCUT2D eigenvalue weighted by Crippen LogP contribution is 2.21. The van der Waals surface area contributed by atoms with Gasteiger partial charge in [-0.05, 0) is 47.9 Å². The zero-order valence-corrected chi connectivity index (χ0v) is 14.6. The van der Waals surface area contributed by atoms with E-state index in [0.29, 0.717) is 12.0 Å². The summed E-state index contributed by atoms with van der Waals surface area (Å²) in [4.78, 5) is 14.5. The smallest absolute Gasteiger partial charge is 0.254 e. The Morgan fingerprint density at radius 1 is 1.26 bits per heavy atom. The summed E-state index contributed by atoms with van der Waals surface area (Å²) in [5.41, 5.74) is 3.31. The minimum absolute atomic E-state index is 0.160. The Balaban J connectivity index is 1.61. The number of nitrogens with one attached hydrogen (secondary N) is 1. The van der Waals surface area contributed by atoms with Gasteiger partial charge in [-0.1, -0.05) is 26.0 Å². The summed E-state index contributed by atoms with van der Waals surface area (Å²) in [5, 5.41) is 7.48. The van der Waals surface area contributed by atoms with E-state index in [-0.39, 0.29) is 5.91 Å². The predicted octanol–water partition coefficient (Wildman–Crippen LogP) is 4.59. The molecule has 1 aliphatic rings. The van der Waals surface area contributed by atoms with Gasteiger partial charge in [0.05, 0.1) is 5.56 Å². The number of hydrogen-bond acceptors (Lipinski definition) is 3. The van der Waals surface area contributed by atoms with E-state index < -0.39 is 0 Å². The van der Waals surface area contributed by atoms with Crippen molar-refractivity contribution in [2.75, 3.05) is 18.4 Å². The van der Waals surface area contributed by atoms with Crippen LogP contribution < -0.4 is 5.32 Å². The number of piperidine rings is 1. The molecule has 3 nitrogen and oxygen atoms in total. The van der Waals surface area contributed by atoms with Crippen molar-refractivity contribution in [1.82, 2.24) is 4.90 Å². The van der Waals surface area contributed by atoms with Gasteiger partial charge in [0.15, 0.2) is 0 Å². The SMILES string of the molecule is CC(C)c1ccc(N[C@H]2CCCN(C(=O)c3ccsc3)C2)cc1. The van der Waals surface area contributed by atoms with Crippen LogP contribution in [-0.4, -0.2) is 29.9 Å². The van der Waals surface area contributed by atoms with E-state index in [1.807, 2.05) is 21.7 Å². The number of carbonyl (C=O) groups excluding carboxylic acids is 1. The van der Waals surface area contributed by atoms with Crippen LogP contribution in [0.15, 0.2) is 41.1 Å². The molecular weight excluding hydrogens is 304 g/mol. The fourth-order valence-corrected chi connectivity index (χ4v) is 3.68. The molecule has 2 aromatic rings. The number of anilines is 1. The maximum atomic E-state index is 12.5. The quantitative estimate of drug-likeness (QED) is 0.890. The van der Waals surface area contributed by atoms with Crippen molar-refractivity contribution in [3.63, 3.8) is 0 Å². The third-order valence-electron chi connectivity index (χ3n) is 4.42. The van der Waals surface area contributed by atoms with Gasteiger partial charge >= 0.3 is 0 Å². The molecule has 0 aliphatic carbocycles. The summed E-state index contributed by atoms with van der Waals surface area (Å²) in [6.07, 6.45) is 2.16.